The molecule has 0 saturated carbocycles. The van der Waals surface area contributed by atoms with E-state index in [4.69, 9.17) is 0 Å². The van der Waals surface area contributed by atoms with Gasteiger partial charge in [-0.1, -0.05) is 43.8 Å². The van der Waals surface area contributed by atoms with E-state index in [-0.39, 0.29) is 28.9 Å². The Balaban J connectivity index is 1.80. The monoisotopic (exact) mass is 473 g/mol. The number of halogens is 2. The summed E-state index contributed by atoms with van der Waals surface area (Å²) in [5, 5.41) is 12.4. The van der Waals surface area contributed by atoms with Crippen molar-refractivity contribution in [3.63, 3.8) is 0 Å². The van der Waals surface area contributed by atoms with Crippen molar-refractivity contribution in [1.82, 2.24) is 15.2 Å². The Morgan fingerprint density at radius 1 is 1.06 bits per heavy atom. The van der Waals surface area contributed by atoms with Gasteiger partial charge in [-0.25, -0.2) is 8.78 Å². The molecule has 11 heteroatoms. The fraction of sp³-hybridized carbons (Fsp3) is 0.227. The van der Waals surface area contributed by atoms with E-state index in [0.29, 0.717) is 17.7 Å². The third-order valence-electron chi connectivity index (χ3n) is 4.56. The number of amides is 2. The lowest BCUT2D eigenvalue weighted by atomic mass is 10.1. The summed E-state index contributed by atoms with van der Waals surface area (Å²) in [6.07, 6.45) is 0.594. The summed E-state index contributed by atoms with van der Waals surface area (Å²) >= 11 is 0.936. The first kappa shape index (κ1) is 24.1. The minimum Gasteiger partial charge on any atom is -0.325 e. The van der Waals surface area contributed by atoms with E-state index in [1.165, 1.54) is 0 Å². The first-order chi connectivity index (χ1) is 15.8. The van der Waals surface area contributed by atoms with E-state index in [2.05, 4.69) is 25.8 Å². The number of nitrogens with one attached hydrogen (secondary N) is 3. The molecule has 2 amide bonds. The second-order valence-electron chi connectivity index (χ2n) is 6.88. The third kappa shape index (κ3) is 6.01. The Labute approximate surface area is 192 Å². The summed E-state index contributed by atoms with van der Waals surface area (Å²) in [4.78, 5) is 39.6. The van der Waals surface area contributed by atoms with Crippen molar-refractivity contribution in [2.45, 2.75) is 37.1 Å². The second-order valence-corrected chi connectivity index (χ2v) is 8.07. The average molecular weight is 474 g/mol. The number of carbonyl (C=O) groups excluding carboxylic acids is 2. The Kier molecular flexibility index (Phi) is 7.88. The van der Waals surface area contributed by atoms with Crippen LogP contribution >= 0.6 is 11.8 Å². The zero-order chi connectivity index (χ0) is 24.0. The lowest BCUT2D eigenvalue weighted by Gasteiger charge is -2.14. The van der Waals surface area contributed by atoms with E-state index in [0.717, 1.165) is 30.0 Å². The molecule has 1 heterocycles. The van der Waals surface area contributed by atoms with Crippen LogP contribution in [0.25, 0.3) is 11.3 Å². The number of H-pyrrole nitrogens is 1. The van der Waals surface area contributed by atoms with Crippen LogP contribution in [0.4, 0.5) is 20.2 Å². The molecule has 0 aliphatic rings. The molecule has 0 bridgehead atoms. The maximum absolute atomic E-state index is 13.8. The molecular weight excluding hydrogens is 452 g/mol. The summed E-state index contributed by atoms with van der Waals surface area (Å²) in [5.74, 6) is -2.25. The molecule has 0 fully saturated rings. The number of nitrogens with zero attached hydrogens (tertiary/aromatic N) is 2. The van der Waals surface area contributed by atoms with Gasteiger partial charge in [0, 0.05) is 18.1 Å². The summed E-state index contributed by atoms with van der Waals surface area (Å²) in [5.41, 5.74) is -0.00835. The van der Waals surface area contributed by atoms with Gasteiger partial charge in [0.1, 0.15) is 11.6 Å². The minimum absolute atomic E-state index is 0.00526. The molecule has 33 heavy (non-hydrogen) atoms. The molecule has 1 atom stereocenters. The summed E-state index contributed by atoms with van der Waals surface area (Å²) in [6, 6.07) is 9.45. The van der Waals surface area contributed by atoms with Gasteiger partial charge < -0.3 is 10.6 Å². The molecule has 0 radical (unpaired) electrons. The first-order valence-corrected chi connectivity index (χ1v) is 11.0. The van der Waals surface area contributed by atoms with Gasteiger partial charge in [-0.2, -0.15) is 0 Å². The van der Waals surface area contributed by atoms with Crippen LogP contribution in [-0.4, -0.2) is 32.2 Å². The van der Waals surface area contributed by atoms with Crippen LogP contribution < -0.4 is 16.2 Å². The van der Waals surface area contributed by atoms with Crippen molar-refractivity contribution in [2.75, 3.05) is 10.6 Å². The number of rotatable bonds is 8. The Morgan fingerprint density at radius 2 is 1.82 bits per heavy atom. The highest BCUT2D eigenvalue weighted by atomic mass is 32.2. The number of hydrogen-bond acceptors (Lipinski definition) is 6. The van der Waals surface area contributed by atoms with E-state index in [1.54, 1.807) is 38.1 Å². The smallest absolute Gasteiger partial charge is 0.278 e. The zero-order valence-corrected chi connectivity index (χ0v) is 18.6. The van der Waals surface area contributed by atoms with Crippen LogP contribution in [0.1, 0.15) is 26.7 Å². The SMILES string of the molecule is CCC(=O)Nc1ccccc1-c1nnc(S[C@@H](CC)C(=O)Nc2cc(F)ccc2F)[nH]c1=O. The highest BCUT2D eigenvalue weighted by Crippen LogP contribution is 2.26. The summed E-state index contributed by atoms with van der Waals surface area (Å²) in [7, 11) is 0. The van der Waals surface area contributed by atoms with Crippen LogP contribution in [-0.2, 0) is 9.59 Å². The quantitative estimate of drug-likeness (QED) is 0.426. The average Bonchev–Trinajstić information content (AvgIpc) is 2.80. The molecule has 3 rings (SSSR count). The summed E-state index contributed by atoms with van der Waals surface area (Å²) in [6.45, 7) is 3.44. The predicted octanol–water partition coefficient (Wildman–Crippen LogP) is 3.97. The third-order valence-corrected chi connectivity index (χ3v) is 5.80. The lowest BCUT2D eigenvalue weighted by Crippen LogP contribution is -2.26. The lowest BCUT2D eigenvalue weighted by molar-refractivity contribution is -0.116. The fourth-order valence-corrected chi connectivity index (χ4v) is 3.69. The van der Waals surface area contributed by atoms with E-state index < -0.39 is 28.4 Å². The van der Waals surface area contributed by atoms with Crippen molar-refractivity contribution in [3.8, 4) is 11.3 Å². The maximum atomic E-state index is 13.8. The number of para-hydroxylation sites is 1. The van der Waals surface area contributed by atoms with Crippen LogP contribution in [0.5, 0.6) is 0 Å². The first-order valence-electron chi connectivity index (χ1n) is 10.1. The normalized spacial score (nSPS) is 11.6. The molecule has 8 nitrogen and oxygen atoms in total. The van der Waals surface area contributed by atoms with Crippen molar-refractivity contribution >= 4 is 35.0 Å². The zero-order valence-electron chi connectivity index (χ0n) is 17.8. The van der Waals surface area contributed by atoms with Gasteiger partial charge in [0.15, 0.2) is 10.9 Å². The minimum atomic E-state index is -0.768. The molecular formula is C22H21F2N5O3S. The van der Waals surface area contributed by atoms with Gasteiger partial charge in [0.25, 0.3) is 5.56 Å². The number of benzene rings is 2. The van der Waals surface area contributed by atoms with Gasteiger partial charge in [-0.05, 0) is 24.6 Å². The highest BCUT2D eigenvalue weighted by Gasteiger charge is 2.22. The molecule has 172 valence electrons. The molecule has 1 aromatic heterocycles. The maximum Gasteiger partial charge on any atom is 0.278 e. The fourth-order valence-electron chi connectivity index (χ4n) is 2.85. The largest absolute Gasteiger partial charge is 0.325 e. The molecule has 0 saturated heterocycles. The van der Waals surface area contributed by atoms with Crippen molar-refractivity contribution in [1.29, 1.82) is 0 Å². The number of thioether (sulfide) groups is 1. The molecule has 0 aliphatic carbocycles. The van der Waals surface area contributed by atoms with Crippen LogP contribution in [0.3, 0.4) is 0 Å². The number of carbonyl (C=O) groups is 2. The number of hydrogen-bond donors (Lipinski definition) is 3. The highest BCUT2D eigenvalue weighted by molar-refractivity contribution is 8.00. The van der Waals surface area contributed by atoms with Crippen molar-refractivity contribution < 1.29 is 18.4 Å². The molecule has 0 spiro atoms. The van der Waals surface area contributed by atoms with Gasteiger partial charge in [0.2, 0.25) is 11.8 Å². The Morgan fingerprint density at radius 3 is 2.52 bits per heavy atom. The standard InChI is InChI=1S/C22H21F2N5O3S/c1-3-17(20(31)26-16-11-12(23)9-10-14(16)24)33-22-27-21(32)19(28-29-22)13-7-5-6-8-15(13)25-18(30)4-2/h5-11,17H,3-4H2,1-2H3,(H,25,30)(H,26,31)(H,27,29,32)/t17-/m0/s1. The molecule has 2 aromatic carbocycles. The Hall–Kier alpha value is -3.60. The van der Waals surface area contributed by atoms with Crippen molar-refractivity contribution in [2.24, 2.45) is 0 Å². The molecule has 3 N–H and O–H groups in total. The van der Waals surface area contributed by atoms with E-state index in [1.807, 2.05) is 0 Å². The van der Waals surface area contributed by atoms with Crippen LogP contribution in [0.2, 0.25) is 0 Å². The second kappa shape index (κ2) is 10.8. The number of aromatic amines is 1. The molecule has 3 aromatic rings. The molecule has 0 aliphatic heterocycles. The summed E-state index contributed by atoms with van der Waals surface area (Å²) < 4.78 is 27.2. The number of anilines is 2. The van der Waals surface area contributed by atoms with Crippen LogP contribution in [0.15, 0.2) is 52.4 Å². The topological polar surface area (TPSA) is 117 Å². The van der Waals surface area contributed by atoms with Gasteiger partial charge in [0.05, 0.1) is 16.6 Å². The van der Waals surface area contributed by atoms with E-state index in [9.17, 15) is 23.2 Å². The number of aromatic nitrogens is 3. The predicted molar refractivity (Wildman–Crippen MR) is 122 cm³/mol. The Bertz CT molecular complexity index is 1230. The van der Waals surface area contributed by atoms with Gasteiger partial charge in [-0.15, -0.1) is 10.2 Å². The van der Waals surface area contributed by atoms with Gasteiger partial charge >= 0.3 is 0 Å². The van der Waals surface area contributed by atoms with Crippen LogP contribution in [0, 0.1) is 11.6 Å². The molecule has 0 unspecified atom stereocenters. The van der Waals surface area contributed by atoms with Crippen molar-refractivity contribution in [3.05, 3.63) is 64.5 Å². The van der Waals surface area contributed by atoms with Gasteiger partial charge in [-0.3, -0.25) is 19.4 Å². The van der Waals surface area contributed by atoms with E-state index >= 15 is 0 Å².